The molecular formula is C13H6Br2FNO. The third-order valence-electron chi connectivity index (χ3n) is 2.17. The highest BCUT2D eigenvalue weighted by Crippen LogP contribution is 2.34. The second-order valence-electron chi connectivity index (χ2n) is 3.43. The first-order valence-electron chi connectivity index (χ1n) is 4.92. The number of hydrogen-bond donors (Lipinski definition) is 0. The Morgan fingerprint density at radius 2 is 1.61 bits per heavy atom. The molecule has 0 aromatic heterocycles. The van der Waals surface area contributed by atoms with E-state index in [1.54, 1.807) is 18.2 Å². The van der Waals surface area contributed by atoms with Gasteiger partial charge in [0.15, 0.2) is 0 Å². The molecule has 0 bridgehead atoms. The predicted octanol–water partition coefficient (Wildman–Crippen LogP) is 5.01. The summed E-state index contributed by atoms with van der Waals surface area (Å²) in [5.41, 5.74) is 0.535. The number of ether oxygens (including phenoxy) is 1. The van der Waals surface area contributed by atoms with Crippen LogP contribution < -0.4 is 4.74 Å². The van der Waals surface area contributed by atoms with Crippen LogP contribution in [-0.2, 0) is 0 Å². The van der Waals surface area contributed by atoms with Crippen molar-refractivity contribution in [1.29, 1.82) is 5.26 Å². The molecule has 0 amide bonds. The zero-order valence-electron chi connectivity index (χ0n) is 8.95. The summed E-state index contributed by atoms with van der Waals surface area (Å²) in [4.78, 5) is 0. The van der Waals surface area contributed by atoms with E-state index in [-0.39, 0.29) is 5.82 Å². The zero-order valence-corrected chi connectivity index (χ0v) is 12.1. The molecule has 2 rings (SSSR count). The van der Waals surface area contributed by atoms with Gasteiger partial charge < -0.3 is 4.74 Å². The highest BCUT2D eigenvalue weighted by atomic mass is 79.9. The summed E-state index contributed by atoms with van der Waals surface area (Å²) in [7, 11) is 0. The van der Waals surface area contributed by atoms with Crippen LogP contribution in [0, 0.1) is 17.1 Å². The first kappa shape index (κ1) is 13.1. The lowest BCUT2D eigenvalue weighted by atomic mass is 10.2. The first-order valence-corrected chi connectivity index (χ1v) is 6.51. The lowest BCUT2D eigenvalue weighted by Gasteiger charge is -2.09. The van der Waals surface area contributed by atoms with E-state index < -0.39 is 0 Å². The summed E-state index contributed by atoms with van der Waals surface area (Å²) in [6, 6.07) is 11.2. The SMILES string of the molecule is N#Cc1ccc(Oc2ccc(F)cc2Br)c(Br)c1. The number of halogens is 3. The van der Waals surface area contributed by atoms with Crippen molar-refractivity contribution >= 4 is 31.9 Å². The Labute approximate surface area is 120 Å². The lowest BCUT2D eigenvalue weighted by molar-refractivity contribution is 0.474. The van der Waals surface area contributed by atoms with Gasteiger partial charge in [0, 0.05) is 0 Å². The third-order valence-corrected chi connectivity index (χ3v) is 3.41. The molecule has 0 heterocycles. The minimum Gasteiger partial charge on any atom is -0.455 e. The van der Waals surface area contributed by atoms with Crippen molar-refractivity contribution in [1.82, 2.24) is 0 Å². The van der Waals surface area contributed by atoms with Crippen molar-refractivity contribution in [2.45, 2.75) is 0 Å². The van der Waals surface area contributed by atoms with E-state index in [0.717, 1.165) is 0 Å². The Balaban J connectivity index is 2.32. The minimum atomic E-state index is -0.340. The fourth-order valence-electron chi connectivity index (χ4n) is 1.33. The van der Waals surface area contributed by atoms with Gasteiger partial charge in [-0.25, -0.2) is 4.39 Å². The van der Waals surface area contributed by atoms with Crippen molar-refractivity contribution in [3.05, 3.63) is 56.7 Å². The summed E-state index contributed by atoms with van der Waals surface area (Å²) in [5, 5.41) is 8.76. The van der Waals surface area contributed by atoms with Crippen LogP contribution in [0.3, 0.4) is 0 Å². The van der Waals surface area contributed by atoms with Crippen molar-refractivity contribution < 1.29 is 9.13 Å². The molecule has 5 heteroatoms. The quantitative estimate of drug-likeness (QED) is 0.743. The first-order chi connectivity index (χ1) is 8.60. The molecule has 0 aliphatic rings. The van der Waals surface area contributed by atoms with Crippen LogP contribution in [0.5, 0.6) is 11.5 Å². The summed E-state index contributed by atoms with van der Waals surface area (Å²) >= 11 is 6.54. The average molecular weight is 371 g/mol. The van der Waals surface area contributed by atoms with E-state index in [9.17, 15) is 4.39 Å². The zero-order chi connectivity index (χ0) is 13.1. The minimum absolute atomic E-state index is 0.340. The Morgan fingerprint density at radius 3 is 2.17 bits per heavy atom. The highest BCUT2D eigenvalue weighted by molar-refractivity contribution is 9.11. The molecule has 2 aromatic carbocycles. The van der Waals surface area contributed by atoms with E-state index in [4.69, 9.17) is 10.00 Å². The van der Waals surface area contributed by atoms with Gasteiger partial charge in [-0.2, -0.15) is 5.26 Å². The van der Waals surface area contributed by atoms with Crippen LogP contribution in [0.4, 0.5) is 4.39 Å². The van der Waals surface area contributed by atoms with Crippen molar-refractivity contribution in [3.8, 4) is 17.6 Å². The maximum atomic E-state index is 12.9. The van der Waals surface area contributed by atoms with Crippen molar-refractivity contribution in [2.75, 3.05) is 0 Å². The van der Waals surface area contributed by atoms with Gasteiger partial charge in [-0.15, -0.1) is 0 Å². The Bertz CT molecular complexity index is 637. The molecule has 0 radical (unpaired) electrons. The van der Waals surface area contributed by atoms with Crippen LogP contribution in [0.15, 0.2) is 45.3 Å². The van der Waals surface area contributed by atoms with E-state index in [2.05, 4.69) is 31.9 Å². The van der Waals surface area contributed by atoms with Crippen LogP contribution >= 0.6 is 31.9 Å². The summed E-state index contributed by atoms with van der Waals surface area (Å²) in [6.07, 6.45) is 0. The van der Waals surface area contributed by atoms with E-state index >= 15 is 0 Å². The van der Waals surface area contributed by atoms with Gasteiger partial charge in [0.05, 0.1) is 20.6 Å². The predicted molar refractivity (Wildman–Crippen MR) is 73.0 cm³/mol. The number of benzene rings is 2. The van der Waals surface area contributed by atoms with E-state index in [1.807, 2.05) is 6.07 Å². The molecular weight excluding hydrogens is 365 g/mol. The van der Waals surface area contributed by atoms with Crippen molar-refractivity contribution in [2.24, 2.45) is 0 Å². The monoisotopic (exact) mass is 369 g/mol. The highest BCUT2D eigenvalue weighted by Gasteiger charge is 2.07. The fraction of sp³-hybridized carbons (Fsp3) is 0. The lowest BCUT2D eigenvalue weighted by Crippen LogP contribution is -1.88. The largest absolute Gasteiger partial charge is 0.455 e. The molecule has 0 aliphatic heterocycles. The van der Waals surface area contributed by atoms with Gasteiger partial charge in [-0.3, -0.25) is 0 Å². The number of hydrogen-bond acceptors (Lipinski definition) is 2. The Hall–Kier alpha value is -1.38. The maximum Gasteiger partial charge on any atom is 0.141 e. The molecule has 2 nitrogen and oxygen atoms in total. The Morgan fingerprint density at radius 1 is 1.00 bits per heavy atom. The van der Waals surface area contributed by atoms with Crippen LogP contribution in [0.2, 0.25) is 0 Å². The van der Waals surface area contributed by atoms with Crippen LogP contribution in [-0.4, -0.2) is 0 Å². The smallest absolute Gasteiger partial charge is 0.141 e. The fourth-order valence-corrected chi connectivity index (χ4v) is 2.22. The molecule has 0 saturated carbocycles. The Kier molecular flexibility index (Phi) is 4.00. The normalized spacial score (nSPS) is 9.89. The molecule has 0 saturated heterocycles. The molecule has 90 valence electrons. The van der Waals surface area contributed by atoms with Gasteiger partial charge in [-0.05, 0) is 68.3 Å². The summed E-state index contributed by atoms with van der Waals surface area (Å²) < 4.78 is 19.7. The van der Waals surface area contributed by atoms with Gasteiger partial charge in [0.1, 0.15) is 17.3 Å². The second kappa shape index (κ2) is 5.51. The van der Waals surface area contributed by atoms with Crippen LogP contribution in [0.1, 0.15) is 5.56 Å². The van der Waals surface area contributed by atoms with Gasteiger partial charge >= 0.3 is 0 Å². The molecule has 2 aromatic rings. The molecule has 0 fully saturated rings. The van der Waals surface area contributed by atoms with Gasteiger partial charge in [0.25, 0.3) is 0 Å². The molecule has 0 unspecified atom stereocenters. The number of rotatable bonds is 2. The third kappa shape index (κ3) is 2.89. The van der Waals surface area contributed by atoms with E-state index in [0.29, 0.717) is 26.0 Å². The molecule has 0 atom stereocenters. The standard InChI is InChI=1S/C13H6Br2FNO/c14-10-5-8(7-17)1-3-12(10)18-13-4-2-9(16)6-11(13)15/h1-6H. The molecule has 0 N–H and O–H groups in total. The topological polar surface area (TPSA) is 33.0 Å². The molecule has 18 heavy (non-hydrogen) atoms. The molecule has 0 aliphatic carbocycles. The number of nitrogens with zero attached hydrogens (tertiary/aromatic N) is 1. The van der Waals surface area contributed by atoms with Gasteiger partial charge in [-0.1, -0.05) is 0 Å². The number of nitriles is 1. The second-order valence-corrected chi connectivity index (χ2v) is 5.14. The summed E-state index contributed by atoms with van der Waals surface area (Å²) in [5.74, 6) is 0.719. The van der Waals surface area contributed by atoms with Crippen molar-refractivity contribution in [3.63, 3.8) is 0 Å². The maximum absolute atomic E-state index is 12.9. The van der Waals surface area contributed by atoms with Gasteiger partial charge in [0.2, 0.25) is 0 Å². The van der Waals surface area contributed by atoms with Crippen LogP contribution in [0.25, 0.3) is 0 Å². The van der Waals surface area contributed by atoms with E-state index in [1.165, 1.54) is 18.2 Å². The molecule has 0 spiro atoms. The summed E-state index contributed by atoms with van der Waals surface area (Å²) in [6.45, 7) is 0. The average Bonchev–Trinajstić information content (AvgIpc) is 2.34.